The maximum Gasteiger partial charge on any atom is 0.329 e. The summed E-state index contributed by atoms with van der Waals surface area (Å²) in [6.07, 6.45) is 4.96. The van der Waals surface area contributed by atoms with Gasteiger partial charge in [0, 0.05) is 11.6 Å². The smallest absolute Gasteiger partial charge is 0.329 e. The van der Waals surface area contributed by atoms with Crippen LogP contribution in [-0.2, 0) is 14.8 Å². The Morgan fingerprint density at radius 1 is 1.19 bits per heavy atom. The van der Waals surface area contributed by atoms with E-state index in [9.17, 15) is 23.1 Å². The van der Waals surface area contributed by atoms with Crippen molar-refractivity contribution in [3.63, 3.8) is 0 Å². The summed E-state index contributed by atoms with van der Waals surface area (Å²) in [5.41, 5.74) is -1.19. The van der Waals surface area contributed by atoms with E-state index in [2.05, 4.69) is 10.0 Å². The van der Waals surface area contributed by atoms with Crippen molar-refractivity contribution in [3.05, 3.63) is 23.8 Å². The predicted octanol–water partition coefficient (Wildman–Crippen LogP) is 1.65. The van der Waals surface area contributed by atoms with Gasteiger partial charge in [0.2, 0.25) is 10.0 Å². The second-order valence-electron chi connectivity index (χ2n) is 7.16. The molecule has 1 amide bonds. The number of aliphatic carboxylic acids is 1. The van der Waals surface area contributed by atoms with Crippen molar-refractivity contribution in [2.75, 3.05) is 7.11 Å². The third-order valence-corrected chi connectivity index (χ3v) is 6.90. The lowest BCUT2D eigenvalue weighted by molar-refractivity contribution is -0.148. The van der Waals surface area contributed by atoms with E-state index >= 15 is 0 Å². The van der Waals surface area contributed by atoms with Gasteiger partial charge >= 0.3 is 5.97 Å². The fraction of sp³-hybridized carbons (Fsp3) is 0.556. The van der Waals surface area contributed by atoms with Crippen LogP contribution in [0.4, 0.5) is 0 Å². The monoisotopic (exact) mass is 396 g/mol. The fourth-order valence-corrected chi connectivity index (χ4v) is 5.07. The largest absolute Gasteiger partial charge is 0.495 e. The third kappa shape index (κ3) is 3.93. The number of rotatable bonds is 7. The Hall–Kier alpha value is -2.13. The molecule has 0 spiro atoms. The Labute approximate surface area is 158 Å². The molecule has 27 heavy (non-hydrogen) atoms. The molecule has 0 radical (unpaired) electrons. The number of carbonyl (C=O) groups excluding carboxylic acids is 1. The quantitative estimate of drug-likeness (QED) is 0.644. The van der Waals surface area contributed by atoms with Gasteiger partial charge in [-0.15, -0.1) is 0 Å². The molecule has 1 aromatic rings. The first-order valence-electron chi connectivity index (χ1n) is 9.04. The maximum atomic E-state index is 12.8. The molecule has 3 rings (SSSR count). The number of amides is 1. The standard InChI is InChI=1S/C18H24N2O6S/c1-26-14-8-7-12(16(21)19-18(17(22)23)9-4-10-18)11-15(14)27(24,25)20-13-5-2-3-6-13/h7-8,11,13,20H,2-6,9-10H2,1H3,(H,19,21)(H,22,23). The van der Waals surface area contributed by atoms with Gasteiger partial charge in [-0.05, 0) is 50.3 Å². The van der Waals surface area contributed by atoms with Gasteiger partial charge in [0.25, 0.3) is 5.91 Å². The zero-order valence-corrected chi connectivity index (χ0v) is 16.0. The molecule has 8 nitrogen and oxygen atoms in total. The number of nitrogens with one attached hydrogen (secondary N) is 2. The summed E-state index contributed by atoms with van der Waals surface area (Å²) in [7, 11) is -2.51. The van der Waals surface area contributed by atoms with E-state index in [1.165, 1.54) is 25.3 Å². The molecule has 0 aliphatic heterocycles. The van der Waals surface area contributed by atoms with Gasteiger partial charge in [-0.25, -0.2) is 17.9 Å². The number of hydrogen-bond donors (Lipinski definition) is 3. The highest BCUT2D eigenvalue weighted by Gasteiger charge is 2.45. The molecule has 2 fully saturated rings. The summed E-state index contributed by atoms with van der Waals surface area (Å²) >= 11 is 0. The van der Waals surface area contributed by atoms with Crippen LogP contribution in [-0.4, -0.2) is 44.1 Å². The van der Waals surface area contributed by atoms with Gasteiger partial charge < -0.3 is 15.2 Å². The average molecular weight is 396 g/mol. The zero-order chi connectivity index (χ0) is 19.7. The van der Waals surface area contributed by atoms with Crippen LogP contribution in [0.1, 0.15) is 55.3 Å². The van der Waals surface area contributed by atoms with E-state index in [1.54, 1.807) is 0 Å². The lowest BCUT2D eigenvalue weighted by atomic mass is 9.76. The van der Waals surface area contributed by atoms with Gasteiger partial charge in [-0.3, -0.25) is 4.79 Å². The first-order chi connectivity index (χ1) is 12.8. The molecule has 2 aliphatic rings. The van der Waals surface area contributed by atoms with Crippen molar-refractivity contribution in [2.24, 2.45) is 0 Å². The normalized spacial score (nSPS) is 19.3. The Bertz CT molecular complexity index is 841. The average Bonchev–Trinajstić information content (AvgIpc) is 3.09. The van der Waals surface area contributed by atoms with Crippen molar-refractivity contribution < 1.29 is 27.9 Å². The number of sulfonamides is 1. The highest BCUT2D eigenvalue weighted by Crippen LogP contribution is 2.33. The van der Waals surface area contributed by atoms with Crippen molar-refractivity contribution in [1.82, 2.24) is 10.0 Å². The molecule has 2 saturated carbocycles. The fourth-order valence-electron chi connectivity index (χ4n) is 3.57. The lowest BCUT2D eigenvalue weighted by Crippen LogP contribution is -2.59. The molecule has 9 heteroatoms. The number of ether oxygens (including phenoxy) is 1. The van der Waals surface area contributed by atoms with E-state index in [0.29, 0.717) is 12.8 Å². The van der Waals surface area contributed by atoms with Crippen molar-refractivity contribution in [3.8, 4) is 5.75 Å². The zero-order valence-electron chi connectivity index (χ0n) is 15.2. The SMILES string of the molecule is COc1ccc(C(=O)NC2(C(=O)O)CCC2)cc1S(=O)(=O)NC1CCCC1. The van der Waals surface area contributed by atoms with Crippen LogP contribution in [0.25, 0.3) is 0 Å². The van der Waals surface area contributed by atoms with E-state index < -0.39 is 27.4 Å². The molecule has 0 atom stereocenters. The second kappa shape index (κ2) is 7.47. The highest BCUT2D eigenvalue weighted by atomic mass is 32.2. The van der Waals surface area contributed by atoms with E-state index in [0.717, 1.165) is 32.1 Å². The summed E-state index contributed by atoms with van der Waals surface area (Å²) in [4.78, 5) is 23.9. The highest BCUT2D eigenvalue weighted by molar-refractivity contribution is 7.89. The third-order valence-electron chi connectivity index (χ3n) is 5.36. The topological polar surface area (TPSA) is 122 Å². The summed E-state index contributed by atoms with van der Waals surface area (Å²) < 4.78 is 33.4. The van der Waals surface area contributed by atoms with E-state index in [-0.39, 0.29) is 22.3 Å². The van der Waals surface area contributed by atoms with Gasteiger partial charge in [-0.2, -0.15) is 0 Å². The van der Waals surface area contributed by atoms with Crippen LogP contribution in [0.2, 0.25) is 0 Å². The molecule has 0 bridgehead atoms. The van der Waals surface area contributed by atoms with Crippen LogP contribution >= 0.6 is 0 Å². The molecule has 0 heterocycles. The minimum absolute atomic E-state index is 0.0788. The number of carboxylic acid groups (broad SMARTS) is 1. The van der Waals surface area contributed by atoms with Gasteiger partial charge in [0.1, 0.15) is 16.2 Å². The Morgan fingerprint density at radius 2 is 1.85 bits per heavy atom. The summed E-state index contributed by atoms with van der Waals surface area (Å²) in [6, 6.07) is 3.95. The molecule has 148 valence electrons. The molecule has 0 unspecified atom stereocenters. The minimum atomic E-state index is -3.87. The van der Waals surface area contributed by atoms with Crippen LogP contribution in [0.5, 0.6) is 5.75 Å². The summed E-state index contributed by atoms with van der Waals surface area (Å²) in [5.74, 6) is -1.56. The van der Waals surface area contributed by atoms with Crippen molar-refractivity contribution in [1.29, 1.82) is 0 Å². The van der Waals surface area contributed by atoms with Crippen LogP contribution in [0, 0.1) is 0 Å². The first kappa shape index (κ1) is 19.6. The number of methoxy groups -OCH3 is 1. The number of benzene rings is 1. The molecule has 0 saturated heterocycles. The van der Waals surface area contributed by atoms with E-state index in [1.807, 2.05) is 0 Å². The summed E-state index contributed by atoms with van der Waals surface area (Å²) in [6.45, 7) is 0. The molecule has 2 aliphatic carbocycles. The number of carboxylic acids is 1. The van der Waals surface area contributed by atoms with Crippen molar-refractivity contribution in [2.45, 2.75) is 61.4 Å². The lowest BCUT2D eigenvalue weighted by Gasteiger charge is -2.38. The van der Waals surface area contributed by atoms with Crippen LogP contribution in [0.3, 0.4) is 0 Å². The number of hydrogen-bond acceptors (Lipinski definition) is 5. The molecule has 3 N–H and O–H groups in total. The molecular weight excluding hydrogens is 372 g/mol. The first-order valence-corrected chi connectivity index (χ1v) is 10.5. The van der Waals surface area contributed by atoms with Gasteiger partial charge in [-0.1, -0.05) is 12.8 Å². The van der Waals surface area contributed by atoms with Crippen LogP contribution < -0.4 is 14.8 Å². The second-order valence-corrected chi connectivity index (χ2v) is 8.85. The number of carbonyl (C=O) groups is 2. The molecular formula is C18H24N2O6S. The Kier molecular flexibility index (Phi) is 5.43. The Morgan fingerprint density at radius 3 is 2.37 bits per heavy atom. The van der Waals surface area contributed by atoms with Gasteiger partial charge in [0.05, 0.1) is 7.11 Å². The maximum absolute atomic E-state index is 12.8. The van der Waals surface area contributed by atoms with Crippen LogP contribution in [0.15, 0.2) is 23.1 Å². The van der Waals surface area contributed by atoms with Crippen molar-refractivity contribution >= 4 is 21.9 Å². The predicted molar refractivity (Wildman–Crippen MR) is 97.3 cm³/mol. The summed E-state index contributed by atoms with van der Waals surface area (Å²) in [5, 5.41) is 11.9. The Balaban J connectivity index is 1.86. The van der Waals surface area contributed by atoms with E-state index in [4.69, 9.17) is 4.74 Å². The minimum Gasteiger partial charge on any atom is -0.495 e. The van der Waals surface area contributed by atoms with Gasteiger partial charge in [0.15, 0.2) is 0 Å². The molecule has 0 aromatic heterocycles. The molecule has 1 aromatic carbocycles.